The molecule has 0 unspecified atom stereocenters. The molecule has 0 saturated carbocycles. The van der Waals surface area contributed by atoms with Crippen molar-refractivity contribution in [3.05, 3.63) is 37.0 Å². The molecule has 0 rings (SSSR count). The third-order valence-corrected chi connectivity index (χ3v) is 4.31. The summed E-state index contributed by atoms with van der Waals surface area (Å²) in [6, 6.07) is 0. The first-order valence-electron chi connectivity index (χ1n) is 5.75. The Morgan fingerprint density at radius 1 is 1.00 bits per heavy atom. The van der Waals surface area contributed by atoms with Gasteiger partial charge in [0.05, 0.1) is 17.3 Å². The van der Waals surface area contributed by atoms with Crippen molar-refractivity contribution in [2.24, 2.45) is 5.73 Å². The Hall–Kier alpha value is -1.24. The average Bonchev–Trinajstić information content (AvgIpc) is 2.13. The van der Waals surface area contributed by atoms with Crippen LogP contribution in [0.2, 0.25) is 0 Å². The quantitative estimate of drug-likeness (QED) is 0.360. The van der Waals surface area contributed by atoms with Crippen LogP contribution in [0.15, 0.2) is 37.0 Å². The smallest absolute Gasteiger partial charge is 0.487 e. The highest BCUT2D eigenvalue weighted by Gasteiger charge is 2.48. The minimum absolute atomic E-state index is 0.413. The van der Waals surface area contributed by atoms with Crippen LogP contribution in [-0.4, -0.2) is 28.1 Å². The molecule has 0 saturated heterocycles. The topological polar surface area (TPSA) is 65.7 Å². The van der Waals surface area contributed by atoms with Gasteiger partial charge in [0.15, 0.2) is 0 Å². The second kappa shape index (κ2) is 7.96. The van der Waals surface area contributed by atoms with Crippen molar-refractivity contribution in [3.8, 4) is 0 Å². The molecule has 0 heterocycles. The van der Waals surface area contributed by atoms with Crippen molar-refractivity contribution >= 4 is 8.80 Å². The summed E-state index contributed by atoms with van der Waals surface area (Å²) in [5.41, 5.74) is 5.44. The fourth-order valence-corrected chi connectivity index (χ4v) is 3.73. The fourth-order valence-electron chi connectivity index (χ4n) is 1.31. The minimum atomic E-state index is -2.99. The fraction of sp³-hybridized carbons (Fsp3) is 0.500. The van der Waals surface area contributed by atoms with E-state index >= 15 is 0 Å². The van der Waals surface area contributed by atoms with Gasteiger partial charge in [-0.2, -0.15) is 0 Å². The number of hydrogen-bond acceptors (Lipinski definition) is 5. The predicted octanol–water partition coefficient (Wildman–Crippen LogP) is 1.66. The van der Waals surface area contributed by atoms with Crippen molar-refractivity contribution in [1.29, 1.82) is 0 Å². The average molecular weight is 272 g/mol. The molecule has 0 bridgehead atoms. The Kier molecular flexibility index (Phi) is 7.41. The molecule has 0 aliphatic heterocycles. The molecule has 0 spiro atoms. The summed E-state index contributed by atoms with van der Waals surface area (Å²) < 4.78 is 17.0. The number of allylic oxidation sites excluding steroid dienone is 3. The molecule has 18 heavy (non-hydrogen) atoms. The molecule has 0 aromatic carbocycles. The van der Waals surface area contributed by atoms with Gasteiger partial charge < -0.3 is 24.3 Å². The second-order valence-electron chi connectivity index (χ2n) is 4.06. The maximum atomic E-state index is 5.68. The van der Waals surface area contributed by atoms with Crippen LogP contribution in [0.3, 0.4) is 0 Å². The van der Waals surface area contributed by atoms with E-state index in [1.165, 1.54) is 0 Å². The van der Waals surface area contributed by atoms with Crippen LogP contribution in [0.5, 0.6) is 0 Å². The number of nitrogens with one attached hydrogen (secondary N) is 1. The highest BCUT2D eigenvalue weighted by atomic mass is 28.4. The first-order chi connectivity index (χ1) is 8.31. The van der Waals surface area contributed by atoms with E-state index in [9.17, 15) is 0 Å². The summed E-state index contributed by atoms with van der Waals surface area (Å²) in [6.07, 6.45) is 0.413. The van der Waals surface area contributed by atoms with Crippen LogP contribution in [0, 0.1) is 0 Å². The zero-order chi connectivity index (χ0) is 14.2. The lowest BCUT2D eigenvalue weighted by Crippen LogP contribution is -2.53. The summed E-state index contributed by atoms with van der Waals surface area (Å²) >= 11 is 0. The van der Waals surface area contributed by atoms with Crippen LogP contribution < -0.4 is 11.1 Å². The van der Waals surface area contributed by atoms with Crippen molar-refractivity contribution < 1.29 is 13.3 Å². The van der Waals surface area contributed by atoms with E-state index in [1.807, 2.05) is 0 Å². The van der Waals surface area contributed by atoms with E-state index in [-0.39, 0.29) is 0 Å². The van der Waals surface area contributed by atoms with E-state index in [0.717, 1.165) is 0 Å². The summed E-state index contributed by atoms with van der Waals surface area (Å²) in [7, 11) is -2.99. The molecule has 104 valence electrons. The lowest BCUT2D eigenvalue weighted by Gasteiger charge is -2.30. The molecule has 0 fully saturated rings. The second-order valence-corrected chi connectivity index (χ2v) is 6.39. The van der Waals surface area contributed by atoms with Gasteiger partial charge in [0, 0.05) is 13.1 Å². The number of nitrogens with two attached hydrogens (primary N) is 1. The Morgan fingerprint density at radius 2 is 1.39 bits per heavy atom. The van der Waals surface area contributed by atoms with Gasteiger partial charge in [-0.1, -0.05) is 19.7 Å². The molecule has 6 heteroatoms. The summed E-state index contributed by atoms with van der Waals surface area (Å²) in [6.45, 7) is 17.6. The molecule has 3 N–H and O–H groups in total. The van der Waals surface area contributed by atoms with Crippen LogP contribution in [0.1, 0.15) is 20.8 Å². The van der Waals surface area contributed by atoms with Crippen LogP contribution in [0.4, 0.5) is 0 Å². The Morgan fingerprint density at radius 3 is 1.67 bits per heavy atom. The number of rotatable bonds is 10. The highest BCUT2D eigenvalue weighted by molar-refractivity contribution is 6.61. The molecule has 0 aromatic heterocycles. The monoisotopic (exact) mass is 272 g/mol. The maximum Gasteiger partial charge on any atom is 0.713 e. The summed E-state index contributed by atoms with van der Waals surface area (Å²) in [5.74, 6) is 1.58. The largest absolute Gasteiger partial charge is 0.713 e. The van der Waals surface area contributed by atoms with E-state index in [2.05, 4.69) is 25.1 Å². The van der Waals surface area contributed by atoms with Gasteiger partial charge in [-0.3, -0.25) is 0 Å². The normalized spacial score (nSPS) is 10.7. The van der Waals surface area contributed by atoms with Crippen LogP contribution >= 0.6 is 0 Å². The van der Waals surface area contributed by atoms with E-state index < -0.39 is 8.80 Å². The minimum Gasteiger partial charge on any atom is -0.487 e. The molecule has 0 amide bonds. The molecule has 0 aromatic rings. The molecule has 0 atom stereocenters. The summed E-state index contributed by atoms with van der Waals surface area (Å²) in [4.78, 5) is 0. The lowest BCUT2D eigenvalue weighted by atomic mass is 10.7. The van der Waals surface area contributed by atoms with Gasteiger partial charge in [-0.25, -0.2) is 0 Å². The van der Waals surface area contributed by atoms with Gasteiger partial charge in [0.1, 0.15) is 6.17 Å². The van der Waals surface area contributed by atoms with Gasteiger partial charge >= 0.3 is 8.80 Å². The van der Waals surface area contributed by atoms with Crippen LogP contribution in [0.25, 0.3) is 0 Å². The third-order valence-electron chi connectivity index (χ3n) is 1.65. The Labute approximate surface area is 111 Å². The molecule has 0 aliphatic carbocycles. The lowest BCUT2D eigenvalue weighted by molar-refractivity contribution is 0.142. The first kappa shape index (κ1) is 16.8. The molecular formula is C12H24N2O3Si. The van der Waals surface area contributed by atoms with Gasteiger partial charge in [-0.05, 0) is 20.8 Å². The molecule has 0 radical (unpaired) electrons. The van der Waals surface area contributed by atoms with E-state index in [1.54, 1.807) is 20.8 Å². The molecule has 0 aliphatic rings. The number of hydrogen-bond donors (Lipinski definition) is 2. The zero-order valence-corrected chi connectivity index (χ0v) is 12.5. The predicted molar refractivity (Wildman–Crippen MR) is 75.4 cm³/mol. The van der Waals surface area contributed by atoms with Crippen molar-refractivity contribution in [3.63, 3.8) is 0 Å². The van der Waals surface area contributed by atoms with Gasteiger partial charge in [0.25, 0.3) is 0 Å². The van der Waals surface area contributed by atoms with E-state index in [0.29, 0.717) is 36.5 Å². The third kappa shape index (κ3) is 7.15. The van der Waals surface area contributed by atoms with E-state index in [4.69, 9.17) is 19.0 Å². The first-order valence-corrected chi connectivity index (χ1v) is 7.69. The van der Waals surface area contributed by atoms with Crippen molar-refractivity contribution in [2.75, 3.05) is 19.3 Å². The van der Waals surface area contributed by atoms with Gasteiger partial charge in [0.2, 0.25) is 0 Å². The van der Waals surface area contributed by atoms with Gasteiger partial charge in [-0.15, -0.1) is 0 Å². The van der Waals surface area contributed by atoms with Crippen LogP contribution in [-0.2, 0) is 13.3 Å². The molecular weight excluding hydrogens is 248 g/mol. The Bertz CT molecular complexity index is 278. The highest BCUT2D eigenvalue weighted by Crippen LogP contribution is 2.19. The zero-order valence-electron chi connectivity index (χ0n) is 11.5. The maximum absolute atomic E-state index is 5.68. The van der Waals surface area contributed by atoms with Crippen molar-refractivity contribution in [1.82, 2.24) is 5.32 Å². The SMILES string of the molecule is C=C(C)O[Si](CNCCN)(OC(=C)C)OC(=C)C. The Balaban J connectivity index is 4.90. The molecule has 5 nitrogen and oxygen atoms in total. The van der Waals surface area contributed by atoms with Crippen molar-refractivity contribution in [2.45, 2.75) is 20.8 Å². The standard InChI is InChI=1S/C12H24N2O3Si/c1-10(2)15-18(16-11(3)4,17-12(5)6)9-14-8-7-13/h14H,1,3,5,7-9,13H2,2,4,6H3. The summed E-state index contributed by atoms with van der Waals surface area (Å²) in [5, 5.41) is 3.13.